The van der Waals surface area contributed by atoms with Gasteiger partial charge in [0.15, 0.2) is 0 Å². The van der Waals surface area contributed by atoms with Crippen LogP contribution in [0.3, 0.4) is 0 Å². The molecule has 1 rings (SSSR count). The Morgan fingerprint density at radius 1 is 1.00 bits per heavy atom. The average molecular weight is 437 g/mol. The van der Waals surface area contributed by atoms with Gasteiger partial charge in [0, 0.05) is 19.6 Å². The largest absolute Gasteiger partial charge is 0.457 e. The lowest BCUT2D eigenvalue weighted by Crippen LogP contribution is -2.65. The Bertz CT molecular complexity index is 537. The molecule has 1 atom stereocenters. The predicted octanol–water partition coefficient (Wildman–Crippen LogP) is 3.45. The number of alkyl halides is 10. The molecule has 0 bridgehead atoms. The summed E-state index contributed by atoms with van der Waals surface area (Å²) in [6.07, 6.45) is -8.78. The predicted molar refractivity (Wildman–Crippen MR) is 73.2 cm³/mol. The van der Waals surface area contributed by atoms with E-state index in [0.29, 0.717) is 0 Å². The van der Waals surface area contributed by atoms with Crippen LogP contribution >= 0.6 is 0 Å². The van der Waals surface area contributed by atoms with Gasteiger partial charge >= 0.3 is 29.7 Å². The Hall–Kier alpha value is -1.31. The second-order valence-electron chi connectivity index (χ2n) is 6.15. The molecule has 0 aliphatic carbocycles. The van der Waals surface area contributed by atoms with Crippen LogP contribution in [0.2, 0.25) is 0 Å². The molecule has 0 radical (unpaired) electrons. The van der Waals surface area contributed by atoms with E-state index in [9.17, 15) is 48.7 Å². The molecule has 0 spiro atoms. The summed E-state index contributed by atoms with van der Waals surface area (Å²) in [5, 5.41) is 0. The fourth-order valence-electron chi connectivity index (χ4n) is 2.32. The van der Waals surface area contributed by atoms with Crippen LogP contribution in [0.4, 0.5) is 43.9 Å². The number of hydrogen-bond donors (Lipinski definition) is 0. The zero-order chi connectivity index (χ0) is 22.0. The Morgan fingerprint density at radius 2 is 1.50 bits per heavy atom. The summed E-state index contributed by atoms with van der Waals surface area (Å²) in [6.45, 7) is 1.82. The van der Waals surface area contributed by atoms with Gasteiger partial charge in [0.25, 0.3) is 0 Å². The molecule has 1 heterocycles. The molecule has 0 amide bonds. The van der Waals surface area contributed by atoms with Gasteiger partial charge < -0.3 is 9.47 Å². The maximum absolute atomic E-state index is 13.6. The van der Waals surface area contributed by atoms with E-state index < -0.39 is 48.6 Å². The molecule has 0 aromatic heterocycles. The summed E-state index contributed by atoms with van der Waals surface area (Å²) < 4.78 is 140. The summed E-state index contributed by atoms with van der Waals surface area (Å²) >= 11 is 0. The number of morpholine rings is 1. The number of halogens is 10. The first kappa shape index (κ1) is 24.7. The Labute approximate surface area is 152 Å². The molecule has 1 unspecified atom stereocenters. The molecular weight excluding hydrogens is 420 g/mol. The van der Waals surface area contributed by atoms with Crippen LogP contribution in [0.5, 0.6) is 0 Å². The number of carbonyl (C=O) groups is 1. The van der Waals surface area contributed by atoms with E-state index in [0.717, 1.165) is 6.92 Å². The molecule has 0 aromatic carbocycles. The average Bonchev–Trinajstić information content (AvgIpc) is 2.53. The number of rotatable bonds is 9. The van der Waals surface area contributed by atoms with E-state index >= 15 is 0 Å². The van der Waals surface area contributed by atoms with Gasteiger partial charge in [0.1, 0.15) is 6.10 Å². The highest BCUT2D eigenvalue weighted by Crippen LogP contribution is 2.54. The lowest BCUT2D eigenvalue weighted by Gasteiger charge is -2.36. The van der Waals surface area contributed by atoms with Gasteiger partial charge in [-0.2, -0.15) is 35.1 Å². The van der Waals surface area contributed by atoms with E-state index in [-0.39, 0.29) is 32.8 Å². The highest BCUT2D eigenvalue weighted by atomic mass is 19.4. The van der Waals surface area contributed by atoms with Crippen molar-refractivity contribution in [3.05, 3.63) is 0 Å². The summed E-state index contributed by atoms with van der Waals surface area (Å²) in [5.74, 6) is -29.7. The molecule has 1 aliphatic rings. The second kappa shape index (κ2) is 8.59. The van der Waals surface area contributed by atoms with E-state index in [4.69, 9.17) is 4.74 Å². The van der Waals surface area contributed by atoms with E-state index in [1.807, 2.05) is 0 Å². The topological polar surface area (TPSA) is 38.8 Å². The van der Waals surface area contributed by atoms with Crippen LogP contribution < -0.4 is 0 Å². The Morgan fingerprint density at radius 3 is 1.96 bits per heavy atom. The van der Waals surface area contributed by atoms with E-state index in [1.165, 1.54) is 4.90 Å². The summed E-state index contributed by atoms with van der Waals surface area (Å²) in [6, 6.07) is 0. The zero-order valence-electron chi connectivity index (χ0n) is 14.3. The molecule has 166 valence electrons. The highest BCUT2D eigenvalue weighted by Gasteiger charge is 2.83. The molecule has 28 heavy (non-hydrogen) atoms. The van der Waals surface area contributed by atoms with Crippen LogP contribution in [0.25, 0.3) is 0 Å². The third-order valence-corrected chi connectivity index (χ3v) is 3.84. The van der Waals surface area contributed by atoms with Crippen molar-refractivity contribution in [1.29, 1.82) is 0 Å². The number of ether oxygens (including phenoxy) is 2. The Balaban J connectivity index is 2.92. The normalized spacial score (nSPS) is 19.0. The van der Waals surface area contributed by atoms with Crippen LogP contribution in [0.15, 0.2) is 0 Å². The zero-order valence-corrected chi connectivity index (χ0v) is 14.3. The first-order valence-corrected chi connectivity index (χ1v) is 7.87. The first-order chi connectivity index (χ1) is 12.6. The van der Waals surface area contributed by atoms with Gasteiger partial charge in [-0.15, -0.1) is 0 Å². The number of nitrogens with zero attached hydrogens (tertiary/aromatic N) is 1. The fourth-order valence-corrected chi connectivity index (χ4v) is 2.32. The summed E-state index contributed by atoms with van der Waals surface area (Å²) in [4.78, 5) is 12.9. The quantitative estimate of drug-likeness (QED) is 0.409. The van der Waals surface area contributed by atoms with Gasteiger partial charge in [0.2, 0.25) is 6.43 Å². The van der Waals surface area contributed by atoms with Gasteiger partial charge in [-0.1, -0.05) is 0 Å². The van der Waals surface area contributed by atoms with Crippen molar-refractivity contribution in [3.63, 3.8) is 0 Å². The number of hydrogen-bond acceptors (Lipinski definition) is 4. The molecular formula is C14H17F10NO3. The molecule has 0 saturated carbocycles. The van der Waals surface area contributed by atoms with Crippen molar-refractivity contribution in [2.45, 2.75) is 49.6 Å². The van der Waals surface area contributed by atoms with E-state index in [2.05, 4.69) is 4.74 Å². The van der Waals surface area contributed by atoms with Gasteiger partial charge in [0.05, 0.1) is 19.6 Å². The van der Waals surface area contributed by atoms with Crippen molar-refractivity contribution in [2.75, 3.05) is 32.8 Å². The van der Waals surface area contributed by atoms with Crippen LogP contribution in [-0.4, -0.2) is 79.9 Å². The third-order valence-electron chi connectivity index (χ3n) is 3.84. The Kier molecular flexibility index (Phi) is 7.59. The first-order valence-electron chi connectivity index (χ1n) is 7.87. The minimum Gasteiger partial charge on any atom is -0.457 e. The van der Waals surface area contributed by atoms with Gasteiger partial charge in [-0.3, -0.25) is 4.90 Å². The van der Waals surface area contributed by atoms with Gasteiger partial charge in [-0.05, 0) is 6.92 Å². The number of esters is 1. The standard InChI is InChI=1S/C14H17F10NO3/c1-8(7-25-2-4-27-5-3-25)28-10(26)12(19,20)14(23,24)13(21,22)11(17,18)6-9(15)16/h8-9H,2-7H2,1H3. The van der Waals surface area contributed by atoms with Crippen molar-refractivity contribution < 1.29 is 58.2 Å². The maximum atomic E-state index is 13.6. The lowest BCUT2D eigenvalue weighted by molar-refractivity contribution is -0.364. The second-order valence-corrected chi connectivity index (χ2v) is 6.15. The summed E-state index contributed by atoms with van der Waals surface area (Å²) in [7, 11) is 0. The minimum absolute atomic E-state index is 0.241. The van der Waals surface area contributed by atoms with Crippen molar-refractivity contribution in [3.8, 4) is 0 Å². The lowest BCUT2D eigenvalue weighted by atomic mass is 9.96. The minimum atomic E-state index is -6.99. The van der Waals surface area contributed by atoms with E-state index in [1.54, 1.807) is 0 Å². The highest BCUT2D eigenvalue weighted by molar-refractivity contribution is 5.79. The van der Waals surface area contributed by atoms with Crippen LogP contribution in [-0.2, 0) is 14.3 Å². The van der Waals surface area contributed by atoms with Gasteiger partial charge in [-0.25, -0.2) is 13.6 Å². The smallest absolute Gasteiger partial charge is 0.410 e. The van der Waals surface area contributed by atoms with Crippen molar-refractivity contribution in [2.24, 2.45) is 0 Å². The molecule has 0 N–H and O–H groups in total. The maximum Gasteiger partial charge on any atom is 0.410 e. The number of carbonyl (C=O) groups excluding carboxylic acids is 1. The molecule has 1 saturated heterocycles. The molecule has 1 aliphatic heterocycles. The van der Waals surface area contributed by atoms with Crippen molar-refractivity contribution >= 4 is 5.97 Å². The molecule has 0 aromatic rings. The molecule has 1 fully saturated rings. The summed E-state index contributed by atoms with van der Waals surface area (Å²) in [5.41, 5.74) is 0. The van der Waals surface area contributed by atoms with Crippen LogP contribution in [0.1, 0.15) is 13.3 Å². The van der Waals surface area contributed by atoms with Crippen LogP contribution in [0, 0.1) is 0 Å². The molecule has 4 nitrogen and oxygen atoms in total. The third kappa shape index (κ3) is 4.99. The molecule has 14 heteroatoms. The fraction of sp³-hybridized carbons (Fsp3) is 0.929. The SMILES string of the molecule is CC(CN1CCOCC1)OC(=O)C(F)(F)C(F)(F)C(F)(F)C(F)(F)CC(F)F. The monoisotopic (exact) mass is 437 g/mol. The van der Waals surface area contributed by atoms with Crippen molar-refractivity contribution in [1.82, 2.24) is 4.90 Å².